The maximum absolute atomic E-state index is 11.6. The Hall–Kier alpha value is -2.36. The molecule has 22 heavy (non-hydrogen) atoms. The third kappa shape index (κ3) is 4.58. The molecule has 116 valence electrons. The summed E-state index contributed by atoms with van der Waals surface area (Å²) in [6, 6.07) is 11.9. The standard InChI is InChI=1S/C18H22N2O2/c1-3-4-5-6-18(21)20-19-13-14-7-8-16-12-17(22-2)10-9-15(16)11-14/h7-13H,3-6H2,1-2H3,(H,20,21)/b19-13-. The second kappa shape index (κ2) is 8.17. The van der Waals surface area contributed by atoms with Crippen LogP contribution in [-0.4, -0.2) is 19.2 Å². The van der Waals surface area contributed by atoms with E-state index in [1.54, 1.807) is 13.3 Å². The normalized spacial score (nSPS) is 11.0. The number of nitrogens with zero attached hydrogens (tertiary/aromatic N) is 1. The van der Waals surface area contributed by atoms with Crippen LogP contribution in [0, 0.1) is 0 Å². The van der Waals surface area contributed by atoms with Gasteiger partial charge in [-0.2, -0.15) is 5.10 Å². The minimum absolute atomic E-state index is 0.0322. The molecule has 0 heterocycles. The zero-order valence-electron chi connectivity index (χ0n) is 13.1. The quantitative estimate of drug-likeness (QED) is 0.479. The van der Waals surface area contributed by atoms with Crippen molar-refractivity contribution in [2.24, 2.45) is 5.10 Å². The Labute approximate surface area is 131 Å². The zero-order valence-corrected chi connectivity index (χ0v) is 13.1. The van der Waals surface area contributed by atoms with Crippen molar-refractivity contribution in [2.45, 2.75) is 32.6 Å². The van der Waals surface area contributed by atoms with Crippen molar-refractivity contribution in [3.63, 3.8) is 0 Å². The van der Waals surface area contributed by atoms with Gasteiger partial charge in [-0.3, -0.25) is 4.79 Å². The van der Waals surface area contributed by atoms with Crippen molar-refractivity contribution in [3.05, 3.63) is 42.0 Å². The van der Waals surface area contributed by atoms with Crippen molar-refractivity contribution >= 4 is 22.9 Å². The number of methoxy groups -OCH3 is 1. The van der Waals surface area contributed by atoms with E-state index < -0.39 is 0 Å². The molecule has 0 aliphatic rings. The number of carbonyl (C=O) groups is 1. The molecule has 0 saturated carbocycles. The van der Waals surface area contributed by atoms with E-state index in [1.165, 1.54) is 0 Å². The van der Waals surface area contributed by atoms with E-state index >= 15 is 0 Å². The molecule has 0 fully saturated rings. The summed E-state index contributed by atoms with van der Waals surface area (Å²) >= 11 is 0. The van der Waals surface area contributed by atoms with Crippen LogP contribution in [0.25, 0.3) is 10.8 Å². The first-order valence-corrected chi connectivity index (χ1v) is 7.62. The van der Waals surface area contributed by atoms with E-state index in [9.17, 15) is 4.79 Å². The van der Waals surface area contributed by atoms with Gasteiger partial charge in [0.15, 0.2) is 0 Å². The smallest absolute Gasteiger partial charge is 0.240 e. The van der Waals surface area contributed by atoms with Crippen LogP contribution in [0.1, 0.15) is 38.2 Å². The fourth-order valence-corrected chi connectivity index (χ4v) is 2.22. The van der Waals surface area contributed by atoms with Crippen LogP contribution in [0.2, 0.25) is 0 Å². The van der Waals surface area contributed by atoms with Crippen LogP contribution in [0.4, 0.5) is 0 Å². The van der Waals surface area contributed by atoms with Gasteiger partial charge in [-0.25, -0.2) is 5.43 Å². The van der Waals surface area contributed by atoms with E-state index in [0.29, 0.717) is 6.42 Å². The van der Waals surface area contributed by atoms with Crippen LogP contribution < -0.4 is 10.2 Å². The highest BCUT2D eigenvalue weighted by Crippen LogP contribution is 2.21. The number of hydrazone groups is 1. The van der Waals surface area contributed by atoms with Crippen LogP contribution in [0.15, 0.2) is 41.5 Å². The van der Waals surface area contributed by atoms with Crippen LogP contribution in [0.5, 0.6) is 5.75 Å². The molecular formula is C18H22N2O2. The zero-order chi connectivity index (χ0) is 15.8. The van der Waals surface area contributed by atoms with Gasteiger partial charge in [0.2, 0.25) is 5.91 Å². The summed E-state index contributed by atoms with van der Waals surface area (Å²) < 4.78 is 5.21. The number of fused-ring (bicyclic) bond motifs is 1. The largest absolute Gasteiger partial charge is 0.497 e. The van der Waals surface area contributed by atoms with Crippen molar-refractivity contribution in [2.75, 3.05) is 7.11 Å². The highest BCUT2D eigenvalue weighted by Gasteiger charge is 1.99. The predicted molar refractivity (Wildman–Crippen MR) is 90.4 cm³/mol. The topological polar surface area (TPSA) is 50.7 Å². The Bertz CT molecular complexity index is 665. The molecule has 1 N–H and O–H groups in total. The first kappa shape index (κ1) is 16.0. The fraction of sp³-hybridized carbons (Fsp3) is 0.333. The third-order valence-corrected chi connectivity index (χ3v) is 3.48. The highest BCUT2D eigenvalue weighted by atomic mass is 16.5. The minimum Gasteiger partial charge on any atom is -0.497 e. The monoisotopic (exact) mass is 298 g/mol. The Balaban J connectivity index is 1.96. The van der Waals surface area contributed by atoms with Crippen molar-refractivity contribution in [1.29, 1.82) is 0 Å². The van der Waals surface area contributed by atoms with Crippen molar-refractivity contribution < 1.29 is 9.53 Å². The van der Waals surface area contributed by atoms with E-state index in [-0.39, 0.29) is 5.91 Å². The van der Waals surface area contributed by atoms with Crippen LogP contribution in [-0.2, 0) is 4.79 Å². The molecule has 4 heteroatoms. The molecule has 2 rings (SSSR count). The van der Waals surface area contributed by atoms with Gasteiger partial charge in [-0.05, 0) is 41.0 Å². The Morgan fingerprint density at radius 2 is 1.95 bits per heavy atom. The summed E-state index contributed by atoms with van der Waals surface area (Å²) in [6.45, 7) is 2.12. The first-order valence-electron chi connectivity index (χ1n) is 7.62. The van der Waals surface area contributed by atoms with Gasteiger partial charge in [0, 0.05) is 6.42 Å². The number of unbranched alkanes of at least 4 members (excludes halogenated alkanes) is 2. The number of carbonyl (C=O) groups excluding carboxylic acids is 1. The van der Waals surface area contributed by atoms with Crippen molar-refractivity contribution in [3.8, 4) is 5.75 Å². The van der Waals surface area contributed by atoms with Gasteiger partial charge in [-0.1, -0.05) is 38.0 Å². The molecule has 0 bridgehead atoms. The molecule has 1 amide bonds. The van der Waals surface area contributed by atoms with E-state index in [2.05, 4.69) is 17.5 Å². The fourth-order valence-electron chi connectivity index (χ4n) is 2.22. The Morgan fingerprint density at radius 3 is 2.73 bits per heavy atom. The Morgan fingerprint density at radius 1 is 1.18 bits per heavy atom. The number of benzene rings is 2. The van der Waals surface area contributed by atoms with Crippen molar-refractivity contribution in [1.82, 2.24) is 5.43 Å². The van der Waals surface area contributed by atoms with Gasteiger partial charge in [-0.15, -0.1) is 0 Å². The lowest BCUT2D eigenvalue weighted by molar-refractivity contribution is -0.121. The van der Waals surface area contributed by atoms with Gasteiger partial charge < -0.3 is 4.74 Å². The maximum atomic E-state index is 11.6. The summed E-state index contributed by atoms with van der Waals surface area (Å²) in [6.07, 6.45) is 5.30. The second-order valence-electron chi connectivity index (χ2n) is 5.22. The van der Waals surface area contributed by atoms with Gasteiger partial charge in [0.05, 0.1) is 13.3 Å². The molecule has 0 aromatic heterocycles. The first-order chi connectivity index (χ1) is 10.7. The summed E-state index contributed by atoms with van der Waals surface area (Å²) in [5, 5.41) is 6.23. The summed E-state index contributed by atoms with van der Waals surface area (Å²) in [5.74, 6) is 0.809. The molecular weight excluding hydrogens is 276 g/mol. The maximum Gasteiger partial charge on any atom is 0.240 e. The molecule has 0 aliphatic carbocycles. The van der Waals surface area contributed by atoms with E-state index in [1.807, 2.05) is 36.4 Å². The molecule has 0 saturated heterocycles. The lowest BCUT2D eigenvalue weighted by Gasteiger charge is -2.03. The number of hydrogen-bond donors (Lipinski definition) is 1. The number of hydrogen-bond acceptors (Lipinski definition) is 3. The Kier molecular flexibility index (Phi) is 5.95. The van der Waals surface area contributed by atoms with Gasteiger partial charge in [0.25, 0.3) is 0 Å². The van der Waals surface area contributed by atoms with E-state index in [4.69, 9.17) is 4.74 Å². The third-order valence-electron chi connectivity index (χ3n) is 3.48. The minimum atomic E-state index is -0.0322. The number of ether oxygens (including phenoxy) is 1. The lowest BCUT2D eigenvalue weighted by atomic mass is 10.1. The second-order valence-corrected chi connectivity index (χ2v) is 5.22. The highest BCUT2D eigenvalue weighted by molar-refractivity contribution is 5.91. The van der Waals surface area contributed by atoms with Crippen LogP contribution in [0.3, 0.4) is 0 Å². The summed E-state index contributed by atoms with van der Waals surface area (Å²) in [4.78, 5) is 11.6. The molecule has 2 aromatic rings. The molecule has 2 aromatic carbocycles. The average Bonchev–Trinajstić information content (AvgIpc) is 2.54. The lowest BCUT2D eigenvalue weighted by Crippen LogP contribution is -2.16. The molecule has 0 atom stereocenters. The molecule has 4 nitrogen and oxygen atoms in total. The number of amides is 1. The van der Waals surface area contributed by atoms with Gasteiger partial charge >= 0.3 is 0 Å². The van der Waals surface area contributed by atoms with Crippen LogP contribution >= 0.6 is 0 Å². The number of rotatable bonds is 7. The average molecular weight is 298 g/mol. The molecule has 0 spiro atoms. The summed E-state index contributed by atoms with van der Waals surface area (Å²) in [7, 11) is 1.66. The molecule has 0 unspecified atom stereocenters. The molecule has 0 aliphatic heterocycles. The number of nitrogens with one attached hydrogen (secondary N) is 1. The SMILES string of the molecule is CCCCCC(=O)N/N=C\c1ccc2cc(OC)ccc2c1. The van der Waals surface area contributed by atoms with Gasteiger partial charge in [0.1, 0.15) is 5.75 Å². The van der Waals surface area contributed by atoms with E-state index in [0.717, 1.165) is 41.3 Å². The molecule has 0 radical (unpaired) electrons. The predicted octanol–water partition coefficient (Wildman–Crippen LogP) is 3.88. The summed E-state index contributed by atoms with van der Waals surface area (Å²) in [5.41, 5.74) is 3.52.